The van der Waals surface area contributed by atoms with Crippen molar-refractivity contribution in [2.45, 2.75) is 59.8 Å². The normalized spacial score (nSPS) is 20.2. The van der Waals surface area contributed by atoms with Gasteiger partial charge in [0.2, 0.25) is 5.91 Å². The molecule has 0 saturated carbocycles. The number of rotatable bonds is 3. The van der Waals surface area contributed by atoms with Gasteiger partial charge >= 0.3 is 0 Å². The van der Waals surface area contributed by atoms with Crippen molar-refractivity contribution in [3.63, 3.8) is 0 Å². The Labute approximate surface area is 178 Å². The molecule has 2 saturated heterocycles. The van der Waals surface area contributed by atoms with E-state index in [2.05, 4.69) is 59.7 Å². The van der Waals surface area contributed by atoms with E-state index < -0.39 is 0 Å². The Bertz CT molecular complexity index is 668. The van der Waals surface area contributed by atoms with Gasteiger partial charge in [-0.15, -0.1) is 0 Å². The maximum Gasteiger partial charge on any atom is 0.228 e. The first-order valence-corrected chi connectivity index (χ1v) is 11.4. The van der Waals surface area contributed by atoms with Gasteiger partial charge in [0.15, 0.2) is 0 Å². The minimum absolute atomic E-state index is 0.215. The van der Waals surface area contributed by atoms with E-state index in [4.69, 9.17) is 0 Å². The number of amides is 1. The van der Waals surface area contributed by atoms with Crippen molar-refractivity contribution in [3.8, 4) is 0 Å². The molecule has 0 atom stereocenters. The zero-order chi connectivity index (χ0) is 21.2. The molecule has 4 nitrogen and oxygen atoms in total. The summed E-state index contributed by atoms with van der Waals surface area (Å²) in [7, 11) is 0. The van der Waals surface area contributed by atoms with Crippen molar-refractivity contribution in [1.82, 2.24) is 9.80 Å². The van der Waals surface area contributed by atoms with Crippen LogP contribution in [0.2, 0.25) is 0 Å². The SMILES string of the molecule is CC(C)(C)C(=O)N1CCN(CC2CCN(c3ccc(C(C)(C)C)cc3)CC2)CC1. The smallest absolute Gasteiger partial charge is 0.228 e. The van der Waals surface area contributed by atoms with Crippen LogP contribution in [-0.4, -0.2) is 61.5 Å². The molecule has 0 unspecified atom stereocenters. The Balaban J connectivity index is 1.43. The summed E-state index contributed by atoms with van der Waals surface area (Å²) >= 11 is 0. The second-order valence-electron chi connectivity index (χ2n) is 11.1. The lowest BCUT2D eigenvalue weighted by Crippen LogP contribution is -2.52. The van der Waals surface area contributed by atoms with Gasteiger partial charge in [0, 0.05) is 56.9 Å². The van der Waals surface area contributed by atoms with E-state index in [9.17, 15) is 4.79 Å². The van der Waals surface area contributed by atoms with Crippen LogP contribution in [0.15, 0.2) is 24.3 Å². The summed E-state index contributed by atoms with van der Waals surface area (Å²) in [4.78, 5) is 19.6. The molecule has 1 amide bonds. The summed E-state index contributed by atoms with van der Waals surface area (Å²) in [5, 5.41) is 0. The first-order valence-electron chi connectivity index (χ1n) is 11.4. The van der Waals surface area contributed by atoms with Crippen LogP contribution in [0.25, 0.3) is 0 Å². The fourth-order valence-electron chi connectivity index (χ4n) is 4.52. The third-order valence-corrected chi connectivity index (χ3v) is 6.53. The Morgan fingerprint density at radius 1 is 0.862 bits per heavy atom. The zero-order valence-electron chi connectivity index (χ0n) is 19.5. The van der Waals surface area contributed by atoms with Crippen molar-refractivity contribution < 1.29 is 4.79 Å². The zero-order valence-corrected chi connectivity index (χ0v) is 19.5. The van der Waals surface area contributed by atoms with Crippen molar-refractivity contribution in [2.75, 3.05) is 50.7 Å². The van der Waals surface area contributed by atoms with Gasteiger partial charge in [-0.1, -0.05) is 53.7 Å². The quantitative estimate of drug-likeness (QED) is 0.754. The maximum absolute atomic E-state index is 12.5. The molecule has 2 aliphatic rings. The predicted molar refractivity (Wildman–Crippen MR) is 123 cm³/mol. The molecule has 162 valence electrons. The molecular formula is C25H41N3O. The van der Waals surface area contributed by atoms with Crippen molar-refractivity contribution in [3.05, 3.63) is 29.8 Å². The number of benzene rings is 1. The lowest BCUT2D eigenvalue weighted by molar-refractivity contribution is -0.141. The van der Waals surface area contributed by atoms with Crippen LogP contribution in [0.3, 0.4) is 0 Å². The van der Waals surface area contributed by atoms with Crippen molar-refractivity contribution in [2.24, 2.45) is 11.3 Å². The molecule has 0 spiro atoms. The van der Waals surface area contributed by atoms with Gasteiger partial charge in [-0.3, -0.25) is 9.69 Å². The van der Waals surface area contributed by atoms with Crippen molar-refractivity contribution >= 4 is 11.6 Å². The molecular weight excluding hydrogens is 358 g/mol. The first kappa shape index (κ1) is 22.1. The summed E-state index contributed by atoms with van der Waals surface area (Å²) in [6, 6.07) is 9.18. The summed E-state index contributed by atoms with van der Waals surface area (Å²) in [5.41, 5.74) is 2.72. The Morgan fingerprint density at radius 3 is 1.90 bits per heavy atom. The van der Waals surface area contributed by atoms with Gasteiger partial charge in [0.25, 0.3) is 0 Å². The maximum atomic E-state index is 12.5. The van der Waals surface area contributed by atoms with Crippen LogP contribution < -0.4 is 4.90 Å². The van der Waals surface area contributed by atoms with E-state index in [0.717, 1.165) is 45.2 Å². The number of carbonyl (C=O) groups excluding carboxylic acids is 1. The van der Waals surface area contributed by atoms with E-state index in [-0.39, 0.29) is 10.8 Å². The van der Waals surface area contributed by atoms with E-state index in [1.807, 2.05) is 20.8 Å². The van der Waals surface area contributed by atoms with Gasteiger partial charge in [-0.2, -0.15) is 0 Å². The monoisotopic (exact) mass is 399 g/mol. The van der Waals surface area contributed by atoms with Crippen LogP contribution in [0.4, 0.5) is 5.69 Å². The summed E-state index contributed by atoms with van der Waals surface area (Å²) in [5.74, 6) is 1.08. The van der Waals surface area contributed by atoms with E-state index in [1.165, 1.54) is 30.6 Å². The number of nitrogens with zero attached hydrogens (tertiary/aromatic N) is 3. The number of piperidine rings is 1. The van der Waals surface area contributed by atoms with Crippen molar-refractivity contribution in [1.29, 1.82) is 0 Å². The second-order valence-corrected chi connectivity index (χ2v) is 11.1. The minimum Gasteiger partial charge on any atom is -0.372 e. The number of carbonyl (C=O) groups is 1. The molecule has 2 heterocycles. The molecule has 1 aromatic carbocycles. The Morgan fingerprint density at radius 2 is 1.41 bits per heavy atom. The Kier molecular flexibility index (Phi) is 6.62. The second kappa shape index (κ2) is 8.67. The predicted octanol–water partition coefficient (Wildman–Crippen LogP) is 4.39. The molecule has 1 aromatic rings. The number of anilines is 1. The number of hydrogen-bond donors (Lipinski definition) is 0. The highest BCUT2D eigenvalue weighted by atomic mass is 16.2. The molecule has 0 radical (unpaired) electrons. The van der Waals surface area contributed by atoms with E-state index in [0.29, 0.717) is 5.91 Å². The molecule has 0 aromatic heterocycles. The highest BCUT2D eigenvalue weighted by Gasteiger charge is 2.30. The molecule has 3 rings (SSSR count). The first-order chi connectivity index (χ1) is 13.5. The molecule has 0 aliphatic carbocycles. The number of hydrogen-bond acceptors (Lipinski definition) is 3. The lowest BCUT2D eigenvalue weighted by atomic mass is 9.87. The van der Waals surface area contributed by atoms with Crippen LogP contribution in [0, 0.1) is 11.3 Å². The van der Waals surface area contributed by atoms with Crippen LogP contribution in [0.5, 0.6) is 0 Å². The highest BCUT2D eigenvalue weighted by Crippen LogP contribution is 2.28. The van der Waals surface area contributed by atoms with E-state index >= 15 is 0 Å². The molecule has 0 N–H and O–H groups in total. The fraction of sp³-hybridized carbons (Fsp3) is 0.720. The minimum atomic E-state index is -0.264. The molecule has 2 aliphatic heterocycles. The summed E-state index contributed by atoms with van der Waals surface area (Å²) in [6.45, 7) is 20.2. The van der Waals surface area contributed by atoms with Gasteiger partial charge in [-0.05, 0) is 41.9 Å². The van der Waals surface area contributed by atoms with Crippen LogP contribution in [0.1, 0.15) is 59.9 Å². The van der Waals surface area contributed by atoms with Gasteiger partial charge in [0.1, 0.15) is 0 Å². The molecule has 29 heavy (non-hydrogen) atoms. The van der Waals surface area contributed by atoms with Crippen LogP contribution >= 0.6 is 0 Å². The lowest BCUT2D eigenvalue weighted by Gasteiger charge is -2.40. The van der Waals surface area contributed by atoms with Gasteiger partial charge in [-0.25, -0.2) is 0 Å². The largest absolute Gasteiger partial charge is 0.372 e. The summed E-state index contributed by atoms with van der Waals surface area (Å²) < 4.78 is 0. The topological polar surface area (TPSA) is 26.8 Å². The Hall–Kier alpha value is -1.55. The summed E-state index contributed by atoms with van der Waals surface area (Å²) in [6.07, 6.45) is 2.53. The molecule has 2 fully saturated rings. The van der Waals surface area contributed by atoms with Gasteiger partial charge in [0.05, 0.1) is 0 Å². The standard InChI is InChI=1S/C25H41N3O/c1-24(2,3)21-7-9-22(10-8-21)27-13-11-20(12-14-27)19-26-15-17-28(18-16-26)23(29)25(4,5)6/h7-10,20H,11-19H2,1-6H3. The number of piperazine rings is 1. The molecule has 0 bridgehead atoms. The van der Waals surface area contributed by atoms with Gasteiger partial charge < -0.3 is 9.80 Å². The highest BCUT2D eigenvalue weighted by molar-refractivity contribution is 5.81. The van der Waals surface area contributed by atoms with E-state index in [1.54, 1.807) is 0 Å². The fourth-order valence-corrected chi connectivity index (χ4v) is 4.52. The average Bonchev–Trinajstić information content (AvgIpc) is 2.67. The average molecular weight is 400 g/mol. The third kappa shape index (κ3) is 5.75. The molecule has 4 heteroatoms. The third-order valence-electron chi connectivity index (χ3n) is 6.53. The van der Waals surface area contributed by atoms with Crippen LogP contribution in [-0.2, 0) is 10.2 Å².